The average molecular weight is 296 g/mol. The van der Waals surface area contributed by atoms with Crippen molar-refractivity contribution in [1.29, 1.82) is 0 Å². The number of urea groups is 1. The molecule has 0 unspecified atom stereocenters. The van der Waals surface area contributed by atoms with Gasteiger partial charge in [0.25, 0.3) is 0 Å². The molecule has 1 N–H and O–H groups in total. The van der Waals surface area contributed by atoms with Crippen LogP contribution in [0.15, 0.2) is 48.5 Å². The summed E-state index contributed by atoms with van der Waals surface area (Å²) in [4.78, 5) is 14.3. The van der Waals surface area contributed by atoms with E-state index < -0.39 is 0 Å². The topological polar surface area (TPSA) is 32.3 Å². The molecule has 0 saturated heterocycles. The summed E-state index contributed by atoms with van der Waals surface area (Å²) in [6.45, 7) is 6.42. The fourth-order valence-corrected chi connectivity index (χ4v) is 2.60. The molecule has 3 heteroatoms. The summed E-state index contributed by atoms with van der Waals surface area (Å²) in [6.07, 6.45) is 0.902. The van der Waals surface area contributed by atoms with Crippen molar-refractivity contribution in [2.24, 2.45) is 0 Å². The van der Waals surface area contributed by atoms with E-state index in [0.29, 0.717) is 5.92 Å². The van der Waals surface area contributed by atoms with Gasteiger partial charge in [0.15, 0.2) is 0 Å². The van der Waals surface area contributed by atoms with E-state index in [4.69, 9.17) is 0 Å². The van der Waals surface area contributed by atoms with Gasteiger partial charge in [-0.25, -0.2) is 4.79 Å². The number of hydrogen-bond acceptors (Lipinski definition) is 1. The first-order valence-electron chi connectivity index (χ1n) is 7.76. The Bertz CT molecular complexity index is 635. The third-order valence-corrected chi connectivity index (χ3v) is 3.82. The monoisotopic (exact) mass is 296 g/mol. The molecular formula is C19H24N2O. The van der Waals surface area contributed by atoms with Crippen LogP contribution in [-0.2, 0) is 6.42 Å². The molecule has 0 fully saturated rings. The minimum absolute atomic E-state index is 0.117. The van der Waals surface area contributed by atoms with Gasteiger partial charge in [0.05, 0.1) is 5.69 Å². The van der Waals surface area contributed by atoms with Crippen molar-refractivity contribution in [2.75, 3.05) is 17.3 Å². The molecule has 0 atom stereocenters. The molecule has 3 nitrogen and oxygen atoms in total. The first-order chi connectivity index (χ1) is 10.5. The Balaban J connectivity index is 2.32. The molecule has 0 aliphatic heterocycles. The summed E-state index contributed by atoms with van der Waals surface area (Å²) in [5, 5.41) is 2.94. The zero-order chi connectivity index (χ0) is 16.1. The van der Waals surface area contributed by atoms with Crippen LogP contribution in [0.25, 0.3) is 0 Å². The first-order valence-corrected chi connectivity index (χ1v) is 7.76. The van der Waals surface area contributed by atoms with Gasteiger partial charge >= 0.3 is 6.03 Å². The third-order valence-electron chi connectivity index (χ3n) is 3.82. The number of para-hydroxylation sites is 2. The van der Waals surface area contributed by atoms with Crippen molar-refractivity contribution in [3.8, 4) is 0 Å². The lowest BCUT2D eigenvalue weighted by Gasteiger charge is -2.25. The number of amides is 2. The largest absolute Gasteiger partial charge is 0.326 e. The summed E-state index contributed by atoms with van der Waals surface area (Å²) < 4.78 is 0. The molecular weight excluding hydrogens is 272 g/mol. The fraction of sp³-hybridized carbons (Fsp3) is 0.316. The predicted molar refractivity (Wildman–Crippen MR) is 93.8 cm³/mol. The van der Waals surface area contributed by atoms with Gasteiger partial charge in [-0.1, -0.05) is 57.2 Å². The minimum Gasteiger partial charge on any atom is -0.308 e. The number of carbonyl (C=O) groups is 1. The highest BCUT2D eigenvalue weighted by atomic mass is 16.2. The van der Waals surface area contributed by atoms with Crippen LogP contribution >= 0.6 is 0 Å². The van der Waals surface area contributed by atoms with Crippen LogP contribution in [0.1, 0.15) is 37.8 Å². The van der Waals surface area contributed by atoms with Gasteiger partial charge < -0.3 is 5.32 Å². The number of rotatable bonds is 4. The molecule has 2 aromatic carbocycles. The standard InChI is InChI=1S/C19H24N2O/c1-5-15-10-9-13-17(14(2)3)18(15)21(4)19(22)20-16-11-7-6-8-12-16/h6-14H,5H2,1-4H3,(H,20,22). The van der Waals surface area contributed by atoms with Crippen molar-refractivity contribution in [3.05, 3.63) is 59.7 Å². The summed E-state index contributed by atoms with van der Waals surface area (Å²) in [5.74, 6) is 0.369. The van der Waals surface area contributed by atoms with Crippen LogP contribution in [0.4, 0.5) is 16.2 Å². The zero-order valence-corrected chi connectivity index (χ0v) is 13.8. The van der Waals surface area contributed by atoms with Crippen LogP contribution in [0.2, 0.25) is 0 Å². The van der Waals surface area contributed by atoms with Crippen molar-refractivity contribution in [1.82, 2.24) is 0 Å². The quantitative estimate of drug-likeness (QED) is 0.842. The van der Waals surface area contributed by atoms with Gasteiger partial charge in [0, 0.05) is 12.7 Å². The molecule has 0 aromatic heterocycles. The van der Waals surface area contributed by atoms with E-state index in [1.54, 1.807) is 4.90 Å². The van der Waals surface area contributed by atoms with Crippen LogP contribution in [-0.4, -0.2) is 13.1 Å². The summed E-state index contributed by atoms with van der Waals surface area (Å²) >= 11 is 0. The molecule has 0 spiro atoms. The second-order valence-electron chi connectivity index (χ2n) is 5.72. The smallest absolute Gasteiger partial charge is 0.308 e. The normalized spacial score (nSPS) is 10.6. The van der Waals surface area contributed by atoms with Crippen LogP contribution in [0, 0.1) is 0 Å². The van der Waals surface area contributed by atoms with E-state index in [0.717, 1.165) is 17.8 Å². The van der Waals surface area contributed by atoms with Crippen LogP contribution in [0.3, 0.4) is 0 Å². The van der Waals surface area contributed by atoms with Crippen molar-refractivity contribution in [2.45, 2.75) is 33.1 Å². The van der Waals surface area contributed by atoms with Gasteiger partial charge in [0.2, 0.25) is 0 Å². The maximum atomic E-state index is 12.6. The number of aryl methyl sites for hydroxylation is 1. The maximum absolute atomic E-state index is 12.6. The first kappa shape index (κ1) is 16.1. The number of carbonyl (C=O) groups excluding carboxylic acids is 1. The summed E-state index contributed by atoms with van der Waals surface area (Å²) in [7, 11) is 1.83. The highest BCUT2D eigenvalue weighted by Crippen LogP contribution is 2.31. The van der Waals surface area contributed by atoms with Gasteiger partial charge in [-0.3, -0.25) is 4.90 Å². The Hall–Kier alpha value is -2.29. The lowest BCUT2D eigenvalue weighted by molar-refractivity contribution is 0.258. The molecule has 0 aliphatic carbocycles. The third kappa shape index (κ3) is 3.48. The molecule has 116 valence electrons. The van der Waals surface area contributed by atoms with Crippen LogP contribution < -0.4 is 10.2 Å². The lowest BCUT2D eigenvalue weighted by Crippen LogP contribution is -2.32. The molecule has 2 aromatic rings. The van der Waals surface area contributed by atoms with E-state index in [-0.39, 0.29) is 6.03 Å². The SMILES string of the molecule is CCc1cccc(C(C)C)c1N(C)C(=O)Nc1ccccc1. The van der Waals surface area contributed by atoms with E-state index in [1.165, 1.54) is 11.1 Å². The highest BCUT2D eigenvalue weighted by molar-refractivity contribution is 6.02. The summed E-state index contributed by atoms with van der Waals surface area (Å²) in [6, 6.07) is 15.7. The van der Waals surface area contributed by atoms with Gasteiger partial charge in [0.1, 0.15) is 0 Å². The van der Waals surface area contributed by atoms with Crippen molar-refractivity contribution in [3.63, 3.8) is 0 Å². The maximum Gasteiger partial charge on any atom is 0.326 e. The second-order valence-corrected chi connectivity index (χ2v) is 5.72. The lowest BCUT2D eigenvalue weighted by atomic mass is 9.96. The van der Waals surface area contributed by atoms with E-state index in [2.05, 4.69) is 44.3 Å². The Morgan fingerprint density at radius 2 is 1.77 bits per heavy atom. The molecule has 0 heterocycles. The van der Waals surface area contributed by atoms with Crippen molar-refractivity contribution < 1.29 is 4.79 Å². The molecule has 0 aliphatic rings. The number of nitrogens with zero attached hydrogens (tertiary/aromatic N) is 1. The van der Waals surface area contributed by atoms with E-state index >= 15 is 0 Å². The Morgan fingerprint density at radius 1 is 1.09 bits per heavy atom. The fourth-order valence-electron chi connectivity index (χ4n) is 2.60. The Morgan fingerprint density at radius 3 is 2.36 bits per heavy atom. The minimum atomic E-state index is -0.117. The number of anilines is 2. The van der Waals surface area contributed by atoms with Gasteiger partial charge in [-0.2, -0.15) is 0 Å². The molecule has 0 radical (unpaired) electrons. The number of hydrogen-bond donors (Lipinski definition) is 1. The van der Waals surface area contributed by atoms with Crippen molar-refractivity contribution >= 4 is 17.4 Å². The molecule has 22 heavy (non-hydrogen) atoms. The van der Waals surface area contributed by atoms with Crippen LogP contribution in [0.5, 0.6) is 0 Å². The number of nitrogens with one attached hydrogen (secondary N) is 1. The predicted octanol–water partition coefficient (Wildman–Crippen LogP) is 5.04. The van der Waals surface area contributed by atoms with E-state index in [9.17, 15) is 4.79 Å². The van der Waals surface area contributed by atoms with Gasteiger partial charge in [-0.15, -0.1) is 0 Å². The van der Waals surface area contributed by atoms with Gasteiger partial charge in [-0.05, 0) is 35.6 Å². The molecule has 2 amide bonds. The Labute approximate surface area is 133 Å². The zero-order valence-electron chi connectivity index (χ0n) is 13.8. The second kappa shape index (κ2) is 7.12. The molecule has 0 saturated carbocycles. The number of benzene rings is 2. The molecule has 2 rings (SSSR count). The average Bonchev–Trinajstić information content (AvgIpc) is 2.54. The Kier molecular flexibility index (Phi) is 5.21. The summed E-state index contributed by atoms with van der Waals surface area (Å²) in [5.41, 5.74) is 4.22. The van der Waals surface area contributed by atoms with E-state index in [1.807, 2.05) is 37.4 Å². The molecule has 0 bridgehead atoms. The highest BCUT2D eigenvalue weighted by Gasteiger charge is 2.19.